The predicted molar refractivity (Wildman–Crippen MR) is 153 cm³/mol. The summed E-state index contributed by atoms with van der Waals surface area (Å²) in [4.78, 5) is 13.1. The molecule has 36 heavy (non-hydrogen) atoms. The molecule has 6 nitrogen and oxygen atoms in total. The van der Waals surface area contributed by atoms with Crippen LogP contribution in [0, 0.1) is 0 Å². The molecule has 0 saturated heterocycles. The van der Waals surface area contributed by atoms with Crippen molar-refractivity contribution in [2.24, 2.45) is 4.99 Å². The van der Waals surface area contributed by atoms with E-state index in [1.54, 1.807) is 33.1 Å². The van der Waals surface area contributed by atoms with Crippen LogP contribution in [0.3, 0.4) is 0 Å². The van der Waals surface area contributed by atoms with Crippen LogP contribution in [-0.2, 0) is 9.47 Å². The second-order valence-corrected chi connectivity index (χ2v) is 9.53. The first kappa shape index (κ1) is 29.7. The van der Waals surface area contributed by atoms with Crippen molar-refractivity contribution in [1.82, 2.24) is 9.97 Å². The lowest BCUT2D eigenvalue weighted by Crippen LogP contribution is -2.04. The average molecular weight is 552 g/mol. The number of nitrogens with zero attached hydrogens (tertiary/aromatic N) is 3. The van der Waals surface area contributed by atoms with E-state index >= 15 is 0 Å². The van der Waals surface area contributed by atoms with Gasteiger partial charge in [0.25, 0.3) is 0 Å². The highest BCUT2D eigenvalue weighted by molar-refractivity contribution is 6.30. The van der Waals surface area contributed by atoms with Crippen LogP contribution in [0.15, 0.2) is 68.1 Å². The molecule has 0 saturated carbocycles. The number of fused-ring (bicyclic) bond motifs is 1. The molecule has 0 atom stereocenters. The molecule has 1 aliphatic carbocycles. The largest absolute Gasteiger partial charge is 0.501 e. The first-order chi connectivity index (χ1) is 17.3. The maximum absolute atomic E-state index is 6.12. The second-order valence-electron chi connectivity index (χ2n) is 7.95. The van der Waals surface area contributed by atoms with Gasteiger partial charge in [0.1, 0.15) is 28.8 Å². The molecule has 2 rings (SSSR count). The van der Waals surface area contributed by atoms with Crippen LogP contribution in [0.2, 0.25) is 0 Å². The van der Waals surface area contributed by atoms with Crippen molar-refractivity contribution in [2.75, 3.05) is 19.0 Å². The van der Waals surface area contributed by atoms with Crippen LogP contribution in [0.5, 0.6) is 0 Å². The van der Waals surface area contributed by atoms with Gasteiger partial charge in [-0.1, -0.05) is 41.7 Å². The molecule has 0 unspecified atom stereocenters. The van der Waals surface area contributed by atoms with Crippen molar-refractivity contribution in [3.63, 3.8) is 0 Å². The third-order valence-electron chi connectivity index (χ3n) is 4.84. The number of anilines is 1. The van der Waals surface area contributed by atoms with Crippen LogP contribution in [-0.4, -0.2) is 29.9 Å². The zero-order valence-electron chi connectivity index (χ0n) is 21.2. The standard InChI is InChI=1S/C27H33Cl3N4O2/c1-5-9-26(30)31-12-7-6-8-13-36-23-15-22(35-4)16-24-25(17-23)32-18-33-27(24)34-21(14-20(3)29)11-10-19(2)28/h9-12,14,16-18H,5-8,13,15H2,1-4H3,(H,32,33,34)/b19-10+,20-14+,21-11+,26-9-,31-12-. The van der Waals surface area contributed by atoms with Crippen LogP contribution >= 0.6 is 34.8 Å². The Balaban J connectivity index is 2.15. The molecule has 0 fully saturated rings. The van der Waals surface area contributed by atoms with Gasteiger partial charge in [-0.15, -0.1) is 0 Å². The summed E-state index contributed by atoms with van der Waals surface area (Å²) in [7, 11) is 1.64. The van der Waals surface area contributed by atoms with E-state index < -0.39 is 0 Å². The number of aliphatic imine (C=N–C) groups is 1. The molecule has 0 aliphatic heterocycles. The van der Waals surface area contributed by atoms with Gasteiger partial charge in [0.05, 0.1) is 25.8 Å². The van der Waals surface area contributed by atoms with Crippen molar-refractivity contribution in [1.29, 1.82) is 0 Å². The summed E-state index contributed by atoms with van der Waals surface area (Å²) in [5.41, 5.74) is 2.25. The summed E-state index contributed by atoms with van der Waals surface area (Å²) >= 11 is 18.1. The summed E-state index contributed by atoms with van der Waals surface area (Å²) in [5, 5.41) is 5.12. The van der Waals surface area contributed by atoms with Crippen LogP contribution in [0.4, 0.5) is 5.82 Å². The topological polar surface area (TPSA) is 68.6 Å². The maximum Gasteiger partial charge on any atom is 0.141 e. The van der Waals surface area contributed by atoms with E-state index in [1.165, 1.54) is 6.33 Å². The van der Waals surface area contributed by atoms with Gasteiger partial charge in [0.15, 0.2) is 0 Å². The van der Waals surface area contributed by atoms with E-state index in [0.717, 1.165) is 54.2 Å². The van der Waals surface area contributed by atoms with Crippen LogP contribution in [0.1, 0.15) is 64.1 Å². The minimum atomic E-state index is 0.517. The minimum absolute atomic E-state index is 0.517. The molecule has 1 aromatic rings. The average Bonchev–Trinajstić information content (AvgIpc) is 3.01. The molecule has 194 valence electrons. The number of hydrogen-bond acceptors (Lipinski definition) is 6. The number of methoxy groups -OCH3 is 1. The Morgan fingerprint density at radius 1 is 1.08 bits per heavy atom. The van der Waals surface area contributed by atoms with Gasteiger partial charge in [-0.25, -0.2) is 15.0 Å². The van der Waals surface area contributed by atoms with Crippen LogP contribution in [0.25, 0.3) is 12.2 Å². The summed E-state index contributed by atoms with van der Waals surface area (Å²) in [6.45, 7) is 6.21. The van der Waals surface area contributed by atoms with Crippen molar-refractivity contribution >= 4 is 59.0 Å². The SMILES string of the molecule is CC/C=C(Cl)\N=C/CCCCOC1=Cc2ncnc(NC(/C=C(\C)Cl)=C/C=C(\C)Cl)c2C=C(OC)C1. The number of hydrogen-bond donors (Lipinski definition) is 1. The molecule has 0 spiro atoms. The highest BCUT2D eigenvalue weighted by atomic mass is 35.5. The second kappa shape index (κ2) is 16.3. The van der Waals surface area contributed by atoms with Crippen molar-refractivity contribution in [3.8, 4) is 0 Å². The lowest BCUT2D eigenvalue weighted by molar-refractivity contribution is 0.190. The third-order valence-corrected chi connectivity index (χ3v) is 5.33. The smallest absolute Gasteiger partial charge is 0.141 e. The number of ether oxygens (including phenoxy) is 2. The molecular formula is C27H33Cl3N4O2. The quantitative estimate of drug-likeness (QED) is 0.115. The Kier molecular flexibility index (Phi) is 13.4. The van der Waals surface area contributed by atoms with E-state index in [2.05, 4.69) is 20.3 Å². The number of nitrogens with one attached hydrogen (secondary N) is 1. The van der Waals surface area contributed by atoms with E-state index in [-0.39, 0.29) is 0 Å². The van der Waals surface area contributed by atoms with E-state index in [9.17, 15) is 0 Å². The maximum atomic E-state index is 6.12. The number of rotatable bonds is 13. The van der Waals surface area contributed by atoms with Gasteiger partial charge < -0.3 is 14.8 Å². The number of unbranched alkanes of at least 4 members (excludes halogenated alkanes) is 2. The fraction of sp³-hybridized carbons (Fsp3) is 0.370. The summed E-state index contributed by atoms with van der Waals surface area (Å²) < 4.78 is 11.7. The molecule has 1 aliphatic rings. The monoisotopic (exact) mass is 550 g/mol. The normalized spacial score (nSPS) is 15.3. The van der Waals surface area contributed by atoms with E-state index in [1.807, 2.05) is 37.4 Å². The molecule has 9 heteroatoms. The first-order valence-electron chi connectivity index (χ1n) is 11.8. The Hall–Kier alpha value is -2.54. The zero-order chi connectivity index (χ0) is 26.3. The molecular weight excluding hydrogens is 519 g/mol. The summed E-state index contributed by atoms with van der Waals surface area (Å²) in [5.74, 6) is 2.14. The van der Waals surface area contributed by atoms with Gasteiger partial charge >= 0.3 is 0 Å². The molecule has 0 bridgehead atoms. The Labute approximate surface area is 229 Å². The zero-order valence-corrected chi connectivity index (χ0v) is 23.4. The van der Waals surface area contributed by atoms with Crippen molar-refractivity contribution in [3.05, 3.63) is 74.3 Å². The van der Waals surface area contributed by atoms with Gasteiger partial charge in [0, 0.05) is 33.6 Å². The van der Waals surface area contributed by atoms with E-state index in [0.29, 0.717) is 34.1 Å². The first-order valence-corrected chi connectivity index (χ1v) is 12.9. The van der Waals surface area contributed by atoms with Gasteiger partial charge in [0.2, 0.25) is 0 Å². The highest BCUT2D eigenvalue weighted by Crippen LogP contribution is 2.30. The Bertz CT molecular complexity index is 1090. The molecule has 1 heterocycles. The van der Waals surface area contributed by atoms with Crippen molar-refractivity contribution < 1.29 is 9.47 Å². The number of allylic oxidation sites excluding steroid dienone is 6. The van der Waals surface area contributed by atoms with Crippen LogP contribution < -0.4 is 5.32 Å². The highest BCUT2D eigenvalue weighted by Gasteiger charge is 2.17. The van der Waals surface area contributed by atoms with Gasteiger partial charge in [-0.05, 0) is 69.9 Å². The molecule has 0 aromatic carbocycles. The molecule has 0 radical (unpaired) electrons. The van der Waals surface area contributed by atoms with Gasteiger partial charge in [-0.2, -0.15) is 0 Å². The summed E-state index contributed by atoms with van der Waals surface area (Å²) in [6, 6.07) is 0. The summed E-state index contributed by atoms with van der Waals surface area (Å²) in [6.07, 6.45) is 18.6. The number of aromatic nitrogens is 2. The third kappa shape index (κ3) is 11.0. The molecule has 1 aromatic heterocycles. The Morgan fingerprint density at radius 2 is 1.89 bits per heavy atom. The number of halogens is 3. The molecule has 1 N–H and O–H groups in total. The van der Waals surface area contributed by atoms with E-state index in [4.69, 9.17) is 44.3 Å². The fourth-order valence-electron chi connectivity index (χ4n) is 3.17. The molecule has 0 amide bonds. The predicted octanol–water partition coefficient (Wildman–Crippen LogP) is 8.54. The minimum Gasteiger partial charge on any atom is -0.501 e. The van der Waals surface area contributed by atoms with Crippen molar-refractivity contribution in [2.45, 2.75) is 52.9 Å². The lowest BCUT2D eigenvalue weighted by atomic mass is 10.2. The van der Waals surface area contributed by atoms with Gasteiger partial charge in [-0.3, -0.25) is 0 Å². The fourth-order valence-corrected chi connectivity index (χ4v) is 3.58. The Morgan fingerprint density at radius 3 is 2.58 bits per heavy atom. The lowest BCUT2D eigenvalue weighted by Gasteiger charge is -2.11.